The molecule has 1 aromatic rings. The van der Waals surface area contributed by atoms with E-state index in [0.717, 1.165) is 63.9 Å². The molecule has 3 aliphatic heterocycles. The molecule has 5 rings (SSSR count). The Balaban J connectivity index is 0.000000932. The number of fused-ring (bicyclic) bond motifs is 1. The van der Waals surface area contributed by atoms with Gasteiger partial charge < -0.3 is 24.1 Å². The van der Waals surface area contributed by atoms with Crippen molar-refractivity contribution >= 4 is 12.5 Å². The van der Waals surface area contributed by atoms with Gasteiger partial charge in [-0.05, 0) is 38.1 Å². The number of benzene rings is 1. The van der Waals surface area contributed by atoms with Crippen LogP contribution in [0.15, 0.2) is 18.2 Å². The number of likely N-dealkylation sites (N-methyl/N-ethyl adjacent to an activating group) is 1. The van der Waals surface area contributed by atoms with E-state index in [1.165, 1.54) is 30.5 Å². The van der Waals surface area contributed by atoms with Crippen LogP contribution < -0.4 is 9.64 Å². The van der Waals surface area contributed by atoms with Gasteiger partial charge in [0.1, 0.15) is 12.5 Å². The van der Waals surface area contributed by atoms with Gasteiger partial charge in [-0.25, -0.2) is 0 Å². The Morgan fingerprint density at radius 1 is 1.04 bits per heavy atom. The van der Waals surface area contributed by atoms with E-state index in [-0.39, 0.29) is 5.79 Å². The van der Waals surface area contributed by atoms with Crippen LogP contribution in [0.25, 0.3) is 0 Å². The zero-order valence-corrected chi connectivity index (χ0v) is 17.1. The third-order valence-corrected chi connectivity index (χ3v) is 6.85. The van der Waals surface area contributed by atoms with Gasteiger partial charge in [0.25, 0.3) is 0 Å². The van der Waals surface area contributed by atoms with Crippen LogP contribution in [0.2, 0.25) is 0 Å². The molecule has 0 bridgehead atoms. The van der Waals surface area contributed by atoms with E-state index in [9.17, 15) is 0 Å². The van der Waals surface area contributed by atoms with Crippen LogP contribution in [0.3, 0.4) is 0 Å². The number of nitrogens with zero attached hydrogens (tertiary/aromatic N) is 3. The number of likely N-dealkylation sites (tertiary alicyclic amines) is 1. The number of carbonyl (C=O) groups excluding carboxylic acids is 1. The molecule has 6 nitrogen and oxygen atoms in total. The van der Waals surface area contributed by atoms with Crippen LogP contribution in [0, 0.1) is 0 Å². The molecule has 3 fully saturated rings. The van der Waals surface area contributed by atoms with Gasteiger partial charge in [0.15, 0.2) is 0 Å². The summed E-state index contributed by atoms with van der Waals surface area (Å²) >= 11 is 0. The summed E-state index contributed by atoms with van der Waals surface area (Å²) in [5, 5.41) is 0. The fourth-order valence-corrected chi connectivity index (χ4v) is 4.71. The van der Waals surface area contributed by atoms with Gasteiger partial charge in [-0.2, -0.15) is 0 Å². The van der Waals surface area contributed by atoms with Gasteiger partial charge in [0.05, 0.1) is 6.61 Å². The van der Waals surface area contributed by atoms with Crippen molar-refractivity contribution in [1.82, 2.24) is 9.80 Å². The molecular weight excluding hydrogens is 354 g/mol. The molecule has 0 radical (unpaired) electrons. The van der Waals surface area contributed by atoms with Crippen LogP contribution >= 0.6 is 0 Å². The largest absolute Gasteiger partial charge is 0.462 e. The van der Waals surface area contributed by atoms with Crippen molar-refractivity contribution in [2.45, 2.75) is 50.5 Å². The molecule has 2 saturated heterocycles. The number of piperidine rings is 1. The number of piperazine rings is 1. The summed E-state index contributed by atoms with van der Waals surface area (Å²) in [6, 6.07) is 7.50. The van der Waals surface area contributed by atoms with E-state index in [4.69, 9.17) is 14.3 Å². The number of ether oxygens (including phenoxy) is 2. The predicted octanol–water partition coefficient (Wildman–Crippen LogP) is 2.51. The Morgan fingerprint density at radius 3 is 2.39 bits per heavy atom. The van der Waals surface area contributed by atoms with Gasteiger partial charge in [0, 0.05) is 69.4 Å². The van der Waals surface area contributed by atoms with Crippen LogP contribution in [0.5, 0.6) is 5.75 Å². The van der Waals surface area contributed by atoms with Gasteiger partial charge in [0.2, 0.25) is 5.79 Å². The first-order valence-corrected chi connectivity index (χ1v) is 10.6. The fourth-order valence-electron chi connectivity index (χ4n) is 4.71. The van der Waals surface area contributed by atoms with E-state index >= 15 is 0 Å². The maximum Gasteiger partial charge on any atom is 0.213 e. The molecule has 0 amide bonds. The van der Waals surface area contributed by atoms with E-state index in [2.05, 4.69) is 39.9 Å². The molecule has 0 aromatic heterocycles. The van der Waals surface area contributed by atoms with Gasteiger partial charge in [-0.3, -0.25) is 4.90 Å². The summed E-state index contributed by atoms with van der Waals surface area (Å²) in [4.78, 5) is 15.5. The standard InChI is InChI=1S/C21H31N3O2.CH2O/c1-22-11-13-24(14-12-22)19-5-6-20-17(15-19)16-25-21(26-20)7-9-23(10-8-21)18-3-2-4-18;1-2/h5-6,15,18H,2-4,7-14,16H2,1H3;1H2. The average Bonchev–Trinajstić information content (AvgIpc) is 2.70. The number of rotatable bonds is 2. The highest BCUT2D eigenvalue weighted by Gasteiger charge is 2.42. The zero-order valence-electron chi connectivity index (χ0n) is 17.1. The highest BCUT2D eigenvalue weighted by molar-refractivity contribution is 5.54. The minimum atomic E-state index is -0.386. The summed E-state index contributed by atoms with van der Waals surface area (Å²) in [5.74, 6) is 0.647. The van der Waals surface area contributed by atoms with Crippen molar-refractivity contribution in [3.8, 4) is 5.75 Å². The Morgan fingerprint density at radius 2 is 1.75 bits per heavy atom. The number of anilines is 1. The van der Waals surface area contributed by atoms with Crippen molar-refractivity contribution in [2.75, 3.05) is 51.2 Å². The highest BCUT2D eigenvalue weighted by atomic mass is 16.7. The maximum absolute atomic E-state index is 8.00. The highest BCUT2D eigenvalue weighted by Crippen LogP contribution is 2.40. The second-order valence-corrected chi connectivity index (χ2v) is 8.50. The minimum Gasteiger partial charge on any atom is -0.462 e. The van der Waals surface area contributed by atoms with E-state index < -0.39 is 0 Å². The molecule has 28 heavy (non-hydrogen) atoms. The second kappa shape index (κ2) is 8.39. The summed E-state index contributed by atoms with van der Waals surface area (Å²) in [5.41, 5.74) is 2.51. The predicted molar refractivity (Wildman–Crippen MR) is 110 cm³/mol. The van der Waals surface area contributed by atoms with Crippen molar-refractivity contribution in [3.63, 3.8) is 0 Å². The third-order valence-electron chi connectivity index (χ3n) is 6.85. The van der Waals surface area contributed by atoms with Crippen molar-refractivity contribution in [3.05, 3.63) is 23.8 Å². The van der Waals surface area contributed by atoms with Crippen molar-refractivity contribution in [1.29, 1.82) is 0 Å². The molecular formula is C22H33N3O3. The number of carbonyl (C=O) groups is 1. The average molecular weight is 388 g/mol. The topological polar surface area (TPSA) is 45.2 Å². The molecule has 4 aliphatic rings. The minimum absolute atomic E-state index is 0.386. The molecule has 154 valence electrons. The fraction of sp³-hybridized carbons (Fsp3) is 0.682. The second-order valence-electron chi connectivity index (χ2n) is 8.50. The Kier molecular flexibility index (Phi) is 5.90. The van der Waals surface area contributed by atoms with Gasteiger partial charge >= 0.3 is 0 Å². The molecule has 0 N–H and O–H groups in total. The van der Waals surface area contributed by atoms with Crippen molar-refractivity contribution in [2.24, 2.45) is 0 Å². The first-order chi connectivity index (χ1) is 13.7. The maximum atomic E-state index is 8.00. The lowest BCUT2D eigenvalue weighted by Crippen LogP contribution is -2.54. The smallest absolute Gasteiger partial charge is 0.213 e. The monoisotopic (exact) mass is 387 g/mol. The van der Waals surface area contributed by atoms with Gasteiger partial charge in [-0.1, -0.05) is 6.42 Å². The van der Waals surface area contributed by atoms with Crippen LogP contribution in [-0.2, 0) is 16.1 Å². The SMILES string of the molecule is C=O.CN1CCN(c2ccc3c(c2)COC2(CCN(C4CCC4)CC2)O3)CC1. The molecule has 3 heterocycles. The number of hydrogen-bond acceptors (Lipinski definition) is 6. The first kappa shape index (κ1) is 19.7. The van der Waals surface area contributed by atoms with Crippen LogP contribution in [-0.4, -0.2) is 74.7 Å². The summed E-state index contributed by atoms with van der Waals surface area (Å²) in [6.45, 7) is 9.35. The van der Waals surface area contributed by atoms with E-state index in [0.29, 0.717) is 6.61 Å². The zero-order chi connectivity index (χ0) is 19.6. The van der Waals surface area contributed by atoms with Crippen LogP contribution in [0.4, 0.5) is 5.69 Å². The molecule has 1 spiro atoms. The lowest BCUT2D eigenvalue weighted by Gasteiger charge is -2.47. The number of hydrogen-bond donors (Lipinski definition) is 0. The van der Waals surface area contributed by atoms with Crippen molar-refractivity contribution < 1.29 is 14.3 Å². The summed E-state index contributed by atoms with van der Waals surface area (Å²) in [7, 11) is 2.20. The van der Waals surface area contributed by atoms with E-state index in [1.807, 2.05) is 6.79 Å². The Bertz CT molecular complexity index is 663. The molecule has 6 heteroatoms. The quantitative estimate of drug-likeness (QED) is 0.777. The summed E-state index contributed by atoms with van der Waals surface area (Å²) in [6.07, 6.45) is 6.15. The molecule has 0 unspecified atom stereocenters. The lowest BCUT2D eigenvalue weighted by atomic mass is 9.89. The Labute approximate surface area is 168 Å². The normalized spacial score (nSPS) is 25.2. The molecule has 1 aliphatic carbocycles. The summed E-state index contributed by atoms with van der Waals surface area (Å²) < 4.78 is 12.7. The molecule has 1 aromatic carbocycles. The van der Waals surface area contributed by atoms with Gasteiger partial charge in [-0.15, -0.1) is 0 Å². The van der Waals surface area contributed by atoms with Crippen LogP contribution in [0.1, 0.15) is 37.7 Å². The Hall–Kier alpha value is -1.63. The van der Waals surface area contributed by atoms with E-state index in [1.54, 1.807) is 0 Å². The molecule has 0 atom stereocenters. The first-order valence-electron chi connectivity index (χ1n) is 10.6. The molecule has 1 saturated carbocycles. The third kappa shape index (κ3) is 3.91. The lowest BCUT2D eigenvalue weighted by molar-refractivity contribution is -0.231.